The van der Waals surface area contributed by atoms with Crippen LogP contribution in [0.15, 0.2) is 30.8 Å². The van der Waals surface area contributed by atoms with Crippen molar-refractivity contribution in [3.05, 3.63) is 36.4 Å². The van der Waals surface area contributed by atoms with Crippen molar-refractivity contribution in [2.24, 2.45) is 0 Å². The lowest BCUT2D eigenvalue weighted by Gasteiger charge is -2.24. The van der Waals surface area contributed by atoms with Gasteiger partial charge in [0.2, 0.25) is 5.79 Å². The highest BCUT2D eigenvalue weighted by atomic mass is 16.7. The summed E-state index contributed by atoms with van der Waals surface area (Å²) in [5.41, 5.74) is 2.11. The molecule has 82 valence electrons. The summed E-state index contributed by atoms with van der Waals surface area (Å²) in [6.45, 7) is 9.62. The summed E-state index contributed by atoms with van der Waals surface area (Å²) in [5, 5.41) is 0. The van der Waals surface area contributed by atoms with Crippen molar-refractivity contribution in [3.63, 3.8) is 0 Å². The fourth-order valence-corrected chi connectivity index (χ4v) is 1.15. The zero-order chi connectivity index (χ0) is 11.5. The third-order valence-electron chi connectivity index (χ3n) is 2.18. The second-order valence-corrected chi connectivity index (χ2v) is 4.01. The van der Waals surface area contributed by atoms with Crippen molar-refractivity contribution in [1.82, 2.24) is 0 Å². The number of methoxy groups -OCH3 is 1. The van der Waals surface area contributed by atoms with Crippen LogP contribution in [0, 0.1) is 0 Å². The minimum atomic E-state index is -0.603. The average molecular weight is 206 g/mol. The molecular weight excluding hydrogens is 188 g/mol. The number of ether oxygens (including phenoxy) is 2. The zero-order valence-electron chi connectivity index (χ0n) is 9.83. The highest BCUT2D eigenvalue weighted by Gasteiger charge is 2.17. The summed E-state index contributed by atoms with van der Waals surface area (Å²) in [6, 6.07) is 7.83. The Hall–Kier alpha value is -1.28. The van der Waals surface area contributed by atoms with E-state index in [0.29, 0.717) is 0 Å². The fourth-order valence-electron chi connectivity index (χ4n) is 1.15. The van der Waals surface area contributed by atoms with Gasteiger partial charge >= 0.3 is 0 Å². The molecule has 0 heterocycles. The van der Waals surface area contributed by atoms with Gasteiger partial charge in [0, 0.05) is 21.0 Å². The lowest BCUT2D eigenvalue weighted by atomic mass is 10.1. The maximum Gasteiger partial charge on any atom is 0.204 e. The molecule has 2 heteroatoms. The zero-order valence-corrected chi connectivity index (χ0v) is 9.83. The van der Waals surface area contributed by atoms with Crippen LogP contribution >= 0.6 is 0 Å². The lowest BCUT2D eigenvalue weighted by molar-refractivity contribution is -0.134. The molecule has 0 saturated carbocycles. The van der Waals surface area contributed by atoms with E-state index in [-0.39, 0.29) is 0 Å². The minimum Gasteiger partial charge on any atom is -0.463 e. The molecule has 0 unspecified atom stereocenters. The van der Waals surface area contributed by atoms with E-state index in [1.54, 1.807) is 7.11 Å². The van der Waals surface area contributed by atoms with Gasteiger partial charge in [0.1, 0.15) is 5.75 Å². The van der Waals surface area contributed by atoms with Gasteiger partial charge in [-0.05, 0) is 24.6 Å². The molecule has 2 nitrogen and oxygen atoms in total. The SMILES string of the molecule is C=C(C)c1cccc(OC(C)(C)OC)c1. The summed E-state index contributed by atoms with van der Waals surface area (Å²) < 4.78 is 10.9. The Balaban J connectivity index is 2.87. The van der Waals surface area contributed by atoms with Crippen LogP contribution < -0.4 is 4.74 Å². The molecule has 0 aromatic heterocycles. The summed E-state index contributed by atoms with van der Waals surface area (Å²) in [6.07, 6.45) is 0. The molecule has 1 aromatic carbocycles. The van der Waals surface area contributed by atoms with Crippen LogP contribution in [-0.2, 0) is 4.74 Å². The first-order valence-corrected chi connectivity index (χ1v) is 4.95. The van der Waals surface area contributed by atoms with Crippen LogP contribution in [0.2, 0.25) is 0 Å². The van der Waals surface area contributed by atoms with E-state index in [1.807, 2.05) is 45.0 Å². The van der Waals surface area contributed by atoms with Crippen molar-refractivity contribution in [1.29, 1.82) is 0 Å². The van der Waals surface area contributed by atoms with Crippen LogP contribution in [0.25, 0.3) is 5.57 Å². The first-order chi connectivity index (χ1) is 6.94. The maximum atomic E-state index is 5.68. The van der Waals surface area contributed by atoms with Gasteiger partial charge in [-0.25, -0.2) is 0 Å². The number of allylic oxidation sites excluding steroid dienone is 1. The normalized spacial score (nSPS) is 11.2. The van der Waals surface area contributed by atoms with Gasteiger partial charge in [-0.3, -0.25) is 0 Å². The van der Waals surface area contributed by atoms with Crippen LogP contribution in [-0.4, -0.2) is 12.9 Å². The van der Waals surface area contributed by atoms with E-state index >= 15 is 0 Å². The molecule has 0 fully saturated rings. The average Bonchev–Trinajstić information content (AvgIpc) is 2.17. The van der Waals surface area contributed by atoms with Gasteiger partial charge in [-0.1, -0.05) is 24.3 Å². The highest BCUT2D eigenvalue weighted by Crippen LogP contribution is 2.22. The van der Waals surface area contributed by atoms with E-state index < -0.39 is 5.79 Å². The van der Waals surface area contributed by atoms with Crippen molar-refractivity contribution in [3.8, 4) is 5.75 Å². The van der Waals surface area contributed by atoms with Gasteiger partial charge in [0.15, 0.2) is 0 Å². The third kappa shape index (κ3) is 3.40. The van der Waals surface area contributed by atoms with Gasteiger partial charge in [-0.15, -0.1) is 0 Å². The molecule has 0 atom stereocenters. The van der Waals surface area contributed by atoms with Gasteiger partial charge in [0.05, 0.1) is 0 Å². The number of hydrogen-bond acceptors (Lipinski definition) is 2. The van der Waals surface area contributed by atoms with Gasteiger partial charge in [0.25, 0.3) is 0 Å². The maximum absolute atomic E-state index is 5.68. The molecule has 15 heavy (non-hydrogen) atoms. The van der Waals surface area contributed by atoms with E-state index in [4.69, 9.17) is 9.47 Å². The number of rotatable bonds is 4. The molecule has 0 aliphatic carbocycles. The van der Waals surface area contributed by atoms with Crippen molar-refractivity contribution in [2.75, 3.05) is 7.11 Å². The van der Waals surface area contributed by atoms with E-state index in [9.17, 15) is 0 Å². The number of benzene rings is 1. The molecule has 0 aliphatic heterocycles. The second kappa shape index (κ2) is 4.49. The Labute approximate surface area is 91.5 Å². The van der Waals surface area contributed by atoms with Crippen LogP contribution in [0.5, 0.6) is 5.75 Å². The highest BCUT2D eigenvalue weighted by molar-refractivity contribution is 5.62. The Kier molecular flexibility index (Phi) is 3.53. The van der Waals surface area contributed by atoms with Crippen LogP contribution in [0.1, 0.15) is 26.3 Å². The molecule has 0 N–H and O–H groups in total. The Morgan fingerprint density at radius 2 is 2.00 bits per heavy atom. The second-order valence-electron chi connectivity index (χ2n) is 4.01. The molecule has 0 radical (unpaired) electrons. The van der Waals surface area contributed by atoms with Crippen LogP contribution in [0.4, 0.5) is 0 Å². The van der Waals surface area contributed by atoms with E-state index in [1.165, 1.54) is 0 Å². The van der Waals surface area contributed by atoms with E-state index in [2.05, 4.69) is 6.58 Å². The minimum absolute atomic E-state index is 0.603. The fraction of sp³-hybridized carbons (Fsp3) is 0.385. The Bertz CT molecular complexity index is 353. The predicted octanol–water partition coefficient (Wildman–Crippen LogP) is 3.48. The summed E-state index contributed by atoms with van der Waals surface area (Å²) in [4.78, 5) is 0. The molecule has 1 rings (SSSR count). The van der Waals surface area contributed by atoms with Crippen LogP contribution in [0.3, 0.4) is 0 Å². The molecule has 0 bridgehead atoms. The molecule has 1 aromatic rings. The molecule has 0 spiro atoms. The Morgan fingerprint density at radius 1 is 1.33 bits per heavy atom. The first kappa shape index (κ1) is 11.8. The predicted molar refractivity (Wildman–Crippen MR) is 62.9 cm³/mol. The van der Waals surface area contributed by atoms with Gasteiger partial charge < -0.3 is 9.47 Å². The first-order valence-electron chi connectivity index (χ1n) is 4.95. The monoisotopic (exact) mass is 206 g/mol. The standard InChI is InChI=1S/C13H18O2/c1-10(2)11-7-6-8-12(9-11)15-13(3,4)14-5/h6-9H,1H2,2-5H3. The summed E-state index contributed by atoms with van der Waals surface area (Å²) in [5.74, 6) is 0.190. The third-order valence-corrected chi connectivity index (χ3v) is 2.18. The van der Waals surface area contributed by atoms with E-state index in [0.717, 1.165) is 16.9 Å². The van der Waals surface area contributed by atoms with Crippen molar-refractivity contribution >= 4 is 5.57 Å². The summed E-state index contributed by atoms with van der Waals surface area (Å²) in [7, 11) is 1.63. The smallest absolute Gasteiger partial charge is 0.204 e. The van der Waals surface area contributed by atoms with Gasteiger partial charge in [-0.2, -0.15) is 0 Å². The molecule has 0 aliphatic rings. The number of hydrogen-bond donors (Lipinski definition) is 0. The molecule has 0 amide bonds. The van der Waals surface area contributed by atoms with Crippen molar-refractivity contribution < 1.29 is 9.47 Å². The lowest BCUT2D eigenvalue weighted by Crippen LogP contribution is -2.30. The molecular formula is C13H18O2. The quantitative estimate of drug-likeness (QED) is 0.702. The van der Waals surface area contributed by atoms with Crippen molar-refractivity contribution in [2.45, 2.75) is 26.6 Å². The topological polar surface area (TPSA) is 18.5 Å². The molecule has 0 saturated heterocycles. The Morgan fingerprint density at radius 3 is 2.53 bits per heavy atom. The largest absolute Gasteiger partial charge is 0.463 e. The summed E-state index contributed by atoms with van der Waals surface area (Å²) >= 11 is 0.